The molecule has 0 bridgehead atoms. The van der Waals surface area contributed by atoms with E-state index in [0.29, 0.717) is 6.54 Å². The summed E-state index contributed by atoms with van der Waals surface area (Å²) in [5, 5.41) is 13.1. The van der Waals surface area contributed by atoms with Gasteiger partial charge in [0, 0.05) is 38.4 Å². The zero-order valence-electron chi connectivity index (χ0n) is 14.6. The first-order valence-corrected chi connectivity index (χ1v) is 8.94. The summed E-state index contributed by atoms with van der Waals surface area (Å²) in [4.78, 5) is 20.9. The zero-order valence-corrected chi connectivity index (χ0v) is 14.6. The van der Waals surface area contributed by atoms with Gasteiger partial charge in [0.25, 0.3) is 0 Å². The van der Waals surface area contributed by atoms with Crippen molar-refractivity contribution in [3.05, 3.63) is 23.9 Å². The lowest BCUT2D eigenvalue weighted by molar-refractivity contribution is 0.0428. The number of nitrogens with zero attached hydrogens (tertiary/aromatic N) is 3. The van der Waals surface area contributed by atoms with Crippen LogP contribution in [0.25, 0.3) is 0 Å². The Morgan fingerprint density at radius 2 is 2.00 bits per heavy atom. The summed E-state index contributed by atoms with van der Waals surface area (Å²) < 4.78 is 0. The Hall–Kier alpha value is -1.82. The summed E-state index contributed by atoms with van der Waals surface area (Å²) in [5.41, 5.74) is 1.17. The van der Waals surface area contributed by atoms with Gasteiger partial charge in [-0.25, -0.2) is 9.78 Å². The minimum absolute atomic E-state index is 0.0344. The lowest BCUT2D eigenvalue weighted by atomic mass is 9.96. The van der Waals surface area contributed by atoms with Crippen LogP contribution in [0, 0.1) is 12.8 Å². The molecule has 0 spiro atoms. The van der Waals surface area contributed by atoms with Gasteiger partial charge in [-0.1, -0.05) is 13.0 Å². The molecule has 2 N–H and O–H groups in total. The van der Waals surface area contributed by atoms with Gasteiger partial charge in [0.15, 0.2) is 0 Å². The molecule has 132 valence electrons. The Balaban J connectivity index is 1.47. The van der Waals surface area contributed by atoms with Crippen LogP contribution in [0.2, 0.25) is 0 Å². The van der Waals surface area contributed by atoms with Crippen molar-refractivity contribution in [3.63, 3.8) is 0 Å². The maximum absolute atomic E-state index is 12.4. The summed E-state index contributed by atoms with van der Waals surface area (Å²) in [6, 6.07) is 4.31. The van der Waals surface area contributed by atoms with Crippen molar-refractivity contribution in [2.45, 2.75) is 45.3 Å². The van der Waals surface area contributed by atoms with Gasteiger partial charge in [-0.05, 0) is 43.7 Å². The highest BCUT2D eigenvalue weighted by Gasteiger charge is 2.29. The molecule has 2 aliphatic heterocycles. The number of aliphatic hydroxyl groups excluding tert-OH is 1. The first-order valence-electron chi connectivity index (χ1n) is 8.94. The number of hydrogen-bond donors (Lipinski definition) is 2. The van der Waals surface area contributed by atoms with E-state index in [9.17, 15) is 9.90 Å². The molecule has 2 amide bonds. The van der Waals surface area contributed by atoms with Crippen LogP contribution in [0.3, 0.4) is 0 Å². The molecule has 6 nitrogen and oxygen atoms in total. The number of hydrogen-bond acceptors (Lipinski definition) is 4. The molecule has 0 saturated carbocycles. The van der Waals surface area contributed by atoms with Crippen molar-refractivity contribution in [1.82, 2.24) is 15.2 Å². The van der Waals surface area contributed by atoms with Crippen LogP contribution in [0.5, 0.6) is 0 Å². The number of aromatic nitrogens is 1. The number of aryl methyl sites for hydroxylation is 1. The molecule has 0 radical (unpaired) electrons. The van der Waals surface area contributed by atoms with E-state index in [0.717, 1.165) is 44.7 Å². The molecule has 1 aromatic rings. The van der Waals surface area contributed by atoms with Crippen molar-refractivity contribution < 1.29 is 9.90 Å². The molecular formula is C18H28N4O2. The number of rotatable bonds is 2. The summed E-state index contributed by atoms with van der Waals surface area (Å²) >= 11 is 0. The Morgan fingerprint density at radius 1 is 1.25 bits per heavy atom. The van der Waals surface area contributed by atoms with E-state index < -0.39 is 6.10 Å². The third-order valence-corrected chi connectivity index (χ3v) is 5.25. The maximum atomic E-state index is 12.4. The smallest absolute Gasteiger partial charge is 0.317 e. The van der Waals surface area contributed by atoms with Crippen molar-refractivity contribution in [2.24, 2.45) is 5.92 Å². The molecule has 3 heterocycles. The van der Waals surface area contributed by atoms with E-state index in [4.69, 9.17) is 0 Å². The van der Waals surface area contributed by atoms with Crippen LogP contribution in [0.15, 0.2) is 18.3 Å². The van der Waals surface area contributed by atoms with Crippen LogP contribution in [-0.2, 0) is 0 Å². The molecule has 24 heavy (non-hydrogen) atoms. The van der Waals surface area contributed by atoms with Gasteiger partial charge in [0.1, 0.15) is 5.82 Å². The molecule has 2 unspecified atom stereocenters. The first-order chi connectivity index (χ1) is 11.5. The second kappa shape index (κ2) is 7.38. The Labute approximate surface area is 143 Å². The van der Waals surface area contributed by atoms with Gasteiger partial charge in [0.2, 0.25) is 0 Å². The molecule has 0 aliphatic carbocycles. The largest absolute Gasteiger partial charge is 0.391 e. The Morgan fingerprint density at radius 3 is 2.62 bits per heavy atom. The van der Waals surface area contributed by atoms with E-state index in [1.807, 2.05) is 20.0 Å². The van der Waals surface area contributed by atoms with E-state index in [-0.39, 0.29) is 18.0 Å². The van der Waals surface area contributed by atoms with Crippen molar-refractivity contribution >= 4 is 11.8 Å². The Bertz CT molecular complexity index is 555. The van der Waals surface area contributed by atoms with Crippen molar-refractivity contribution in [2.75, 3.05) is 31.1 Å². The minimum Gasteiger partial charge on any atom is -0.391 e. The zero-order chi connectivity index (χ0) is 17.1. The number of β-amino-alcohol motifs (C(OH)–C–C–N with tert-alkyl or cyclic N) is 1. The maximum Gasteiger partial charge on any atom is 0.317 e. The molecule has 2 atom stereocenters. The highest BCUT2D eigenvalue weighted by molar-refractivity contribution is 5.74. The molecule has 2 aliphatic rings. The highest BCUT2D eigenvalue weighted by atomic mass is 16.3. The number of carbonyl (C=O) groups is 1. The van der Waals surface area contributed by atoms with E-state index in [2.05, 4.69) is 27.3 Å². The number of pyridine rings is 1. The Kier molecular flexibility index (Phi) is 5.23. The van der Waals surface area contributed by atoms with Crippen LogP contribution < -0.4 is 10.2 Å². The van der Waals surface area contributed by atoms with E-state index in [1.165, 1.54) is 5.56 Å². The first kappa shape index (κ1) is 17.0. The average molecular weight is 332 g/mol. The molecule has 0 aromatic carbocycles. The van der Waals surface area contributed by atoms with Gasteiger partial charge in [0.05, 0.1) is 6.10 Å². The fourth-order valence-corrected chi connectivity index (χ4v) is 3.40. The fraction of sp³-hybridized carbons (Fsp3) is 0.667. The number of piperidine rings is 2. The second-order valence-corrected chi connectivity index (χ2v) is 7.18. The van der Waals surface area contributed by atoms with E-state index >= 15 is 0 Å². The summed E-state index contributed by atoms with van der Waals surface area (Å²) in [5.74, 6) is 1.29. The normalized spacial score (nSPS) is 25.6. The van der Waals surface area contributed by atoms with Gasteiger partial charge >= 0.3 is 6.03 Å². The number of likely N-dealkylation sites (tertiary alicyclic amines) is 1. The van der Waals surface area contributed by atoms with Crippen molar-refractivity contribution in [3.8, 4) is 0 Å². The van der Waals surface area contributed by atoms with Crippen LogP contribution >= 0.6 is 0 Å². The summed E-state index contributed by atoms with van der Waals surface area (Å²) in [7, 11) is 0. The highest BCUT2D eigenvalue weighted by Crippen LogP contribution is 2.20. The number of anilines is 1. The van der Waals surface area contributed by atoms with Crippen LogP contribution in [-0.4, -0.2) is 59.3 Å². The standard InChI is InChI=1S/C18H28N4O2/c1-13-3-4-17(19-11-13)21-9-6-15(7-10-21)20-18(24)22-8-5-14(2)16(23)12-22/h3-4,11,14-16,23H,5-10,12H2,1-2H3,(H,20,24). The quantitative estimate of drug-likeness (QED) is 0.866. The van der Waals surface area contributed by atoms with Gasteiger partial charge in [-0.15, -0.1) is 0 Å². The molecule has 6 heteroatoms. The second-order valence-electron chi connectivity index (χ2n) is 7.18. The topological polar surface area (TPSA) is 68.7 Å². The molecule has 3 rings (SSSR count). The van der Waals surface area contributed by atoms with Gasteiger partial charge in [-0.3, -0.25) is 0 Å². The monoisotopic (exact) mass is 332 g/mol. The average Bonchev–Trinajstić information content (AvgIpc) is 2.59. The lowest BCUT2D eigenvalue weighted by Gasteiger charge is -2.37. The van der Waals surface area contributed by atoms with Crippen molar-refractivity contribution in [1.29, 1.82) is 0 Å². The van der Waals surface area contributed by atoms with Gasteiger partial charge < -0.3 is 20.2 Å². The predicted molar refractivity (Wildman–Crippen MR) is 94.1 cm³/mol. The fourth-order valence-electron chi connectivity index (χ4n) is 3.40. The molecule has 2 saturated heterocycles. The van der Waals surface area contributed by atoms with Crippen LogP contribution in [0.4, 0.5) is 10.6 Å². The molecular weight excluding hydrogens is 304 g/mol. The lowest BCUT2D eigenvalue weighted by Crippen LogP contribution is -2.53. The number of aliphatic hydroxyl groups is 1. The number of carbonyl (C=O) groups excluding carboxylic acids is 1. The summed E-state index contributed by atoms with van der Waals surface area (Å²) in [6.07, 6.45) is 4.21. The SMILES string of the molecule is Cc1ccc(N2CCC(NC(=O)N3CCC(C)C(O)C3)CC2)nc1. The summed E-state index contributed by atoms with van der Waals surface area (Å²) in [6.45, 7) is 7.06. The number of urea groups is 1. The number of amides is 2. The molecule has 1 aromatic heterocycles. The number of nitrogens with one attached hydrogen (secondary N) is 1. The van der Waals surface area contributed by atoms with Gasteiger partial charge in [-0.2, -0.15) is 0 Å². The van der Waals surface area contributed by atoms with Crippen LogP contribution in [0.1, 0.15) is 31.7 Å². The minimum atomic E-state index is -0.404. The van der Waals surface area contributed by atoms with E-state index in [1.54, 1.807) is 4.90 Å². The predicted octanol–water partition coefficient (Wildman–Crippen LogP) is 1.77. The molecule has 2 fully saturated rings. The third kappa shape index (κ3) is 3.98. The third-order valence-electron chi connectivity index (χ3n) is 5.25.